The average molecular weight is 336 g/mol. The van der Waals surface area contributed by atoms with Gasteiger partial charge in [0.2, 0.25) is 5.75 Å². The van der Waals surface area contributed by atoms with Crippen molar-refractivity contribution < 1.29 is 28.9 Å². The number of methoxy groups -OCH3 is 2. The number of hydrogen-bond acceptors (Lipinski definition) is 6. The zero-order valence-electron chi connectivity index (χ0n) is 13.9. The molecule has 24 heavy (non-hydrogen) atoms. The molecule has 8 nitrogen and oxygen atoms in total. The van der Waals surface area contributed by atoms with E-state index in [2.05, 4.69) is 10.6 Å². The van der Waals surface area contributed by atoms with E-state index in [0.29, 0.717) is 11.3 Å². The molecule has 0 bridgehead atoms. The molecule has 0 radical (unpaired) electrons. The van der Waals surface area contributed by atoms with Gasteiger partial charge in [0.05, 0.1) is 32.4 Å². The molecule has 130 valence electrons. The van der Waals surface area contributed by atoms with Crippen molar-refractivity contribution in [1.29, 1.82) is 0 Å². The van der Waals surface area contributed by atoms with E-state index in [4.69, 9.17) is 14.2 Å². The van der Waals surface area contributed by atoms with Gasteiger partial charge in [-0.25, -0.2) is 9.59 Å². The molecule has 1 heterocycles. The number of nitrogens with one attached hydrogen (secondary N) is 2. The summed E-state index contributed by atoms with van der Waals surface area (Å²) in [6.45, 7) is 3.52. The highest BCUT2D eigenvalue weighted by Crippen LogP contribution is 2.40. The van der Waals surface area contributed by atoms with Crippen LogP contribution in [0.15, 0.2) is 23.4 Å². The first-order valence-electron chi connectivity index (χ1n) is 7.33. The van der Waals surface area contributed by atoms with Crippen LogP contribution in [0, 0.1) is 0 Å². The third-order valence-electron chi connectivity index (χ3n) is 3.60. The number of ether oxygens (including phenoxy) is 3. The lowest BCUT2D eigenvalue weighted by Crippen LogP contribution is -2.45. The van der Waals surface area contributed by atoms with Crippen LogP contribution < -0.4 is 20.1 Å². The molecule has 0 unspecified atom stereocenters. The van der Waals surface area contributed by atoms with E-state index in [-0.39, 0.29) is 29.4 Å². The number of aromatic hydroxyl groups is 1. The molecule has 0 saturated heterocycles. The van der Waals surface area contributed by atoms with Crippen molar-refractivity contribution in [1.82, 2.24) is 10.6 Å². The molecular formula is C16H20N2O6. The molecule has 0 aliphatic carbocycles. The molecule has 2 amide bonds. The number of benzene rings is 1. The molecule has 1 aromatic carbocycles. The maximum absolute atomic E-state index is 12.3. The number of phenolic OH excluding ortho intramolecular Hbond substituents is 1. The number of esters is 1. The number of allylic oxidation sites excluding steroid dienone is 1. The van der Waals surface area contributed by atoms with E-state index >= 15 is 0 Å². The third-order valence-corrected chi connectivity index (χ3v) is 3.60. The summed E-state index contributed by atoms with van der Waals surface area (Å²) in [6, 6.07) is 1.85. The Labute approximate surface area is 139 Å². The average Bonchev–Trinajstić information content (AvgIpc) is 2.54. The Morgan fingerprint density at radius 2 is 1.83 bits per heavy atom. The van der Waals surface area contributed by atoms with Crippen LogP contribution in [-0.2, 0) is 9.53 Å². The first-order chi connectivity index (χ1) is 11.4. The van der Waals surface area contributed by atoms with Crippen molar-refractivity contribution in [2.45, 2.75) is 19.9 Å². The Kier molecular flexibility index (Phi) is 5.18. The fourth-order valence-corrected chi connectivity index (χ4v) is 2.50. The van der Waals surface area contributed by atoms with Gasteiger partial charge in [-0.1, -0.05) is 0 Å². The molecule has 3 N–H and O–H groups in total. The maximum Gasteiger partial charge on any atom is 0.338 e. The Balaban J connectivity index is 2.57. The maximum atomic E-state index is 12.3. The highest BCUT2D eigenvalue weighted by molar-refractivity contribution is 5.95. The summed E-state index contributed by atoms with van der Waals surface area (Å²) in [4.78, 5) is 24.1. The van der Waals surface area contributed by atoms with Crippen LogP contribution in [-0.4, -0.2) is 37.9 Å². The second kappa shape index (κ2) is 7.12. The zero-order chi connectivity index (χ0) is 17.9. The summed E-state index contributed by atoms with van der Waals surface area (Å²) >= 11 is 0. The van der Waals surface area contributed by atoms with Gasteiger partial charge in [0.25, 0.3) is 0 Å². The van der Waals surface area contributed by atoms with Crippen LogP contribution in [0.5, 0.6) is 17.2 Å². The molecule has 1 aliphatic rings. The van der Waals surface area contributed by atoms with Crippen LogP contribution in [0.4, 0.5) is 4.79 Å². The number of urea groups is 1. The SMILES string of the molecule is CCOC(=O)C1=C(C)NC(=O)N[C@H]1c1cc(OC)c(O)c(OC)c1. The first-order valence-corrected chi connectivity index (χ1v) is 7.33. The van der Waals surface area contributed by atoms with Crippen molar-refractivity contribution in [3.8, 4) is 17.2 Å². The van der Waals surface area contributed by atoms with E-state index in [1.165, 1.54) is 26.4 Å². The second-order valence-electron chi connectivity index (χ2n) is 5.06. The van der Waals surface area contributed by atoms with E-state index in [9.17, 15) is 14.7 Å². The van der Waals surface area contributed by atoms with Gasteiger partial charge in [-0.05, 0) is 31.5 Å². The quantitative estimate of drug-likeness (QED) is 0.705. The van der Waals surface area contributed by atoms with Crippen LogP contribution >= 0.6 is 0 Å². The molecule has 0 aromatic heterocycles. The molecule has 1 aliphatic heterocycles. The van der Waals surface area contributed by atoms with Gasteiger partial charge in [-0.15, -0.1) is 0 Å². The van der Waals surface area contributed by atoms with Crippen LogP contribution in [0.25, 0.3) is 0 Å². The minimum atomic E-state index is -0.763. The third kappa shape index (κ3) is 3.22. The van der Waals surface area contributed by atoms with Crippen LogP contribution in [0.3, 0.4) is 0 Å². The highest BCUT2D eigenvalue weighted by Gasteiger charge is 2.33. The fourth-order valence-electron chi connectivity index (χ4n) is 2.50. The largest absolute Gasteiger partial charge is 0.502 e. The second-order valence-corrected chi connectivity index (χ2v) is 5.06. The predicted molar refractivity (Wildman–Crippen MR) is 85.0 cm³/mol. The van der Waals surface area contributed by atoms with Gasteiger partial charge in [0.1, 0.15) is 0 Å². The molecule has 8 heteroatoms. The summed E-state index contributed by atoms with van der Waals surface area (Å²) in [5.41, 5.74) is 1.18. The standard InChI is InChI=1S/C16H20N2O6/c1-5-24-15(20)12-8(2)17-16(21)18-13(12)9-6-10(22-3)14(19)11(7-9)23-4/h6-7,13,19H,5H2,1-4H3,(H2,17,18,21)/t13-/m0/s1. The Morgan fingerprint density at radius 3 is 2.33 bits per heavy atom. The zero-order valence-corrected chi connectivity index (χ0v) is 13.9. The lowest BCUT2D eigenvalue weighted by atomic mass is 9.95. The normalized spacial score (nSPS) is 17.0. The summed E-state index contributed by atoms with van der Waals surface area (Å²) in [5.74, 6) is -0.378. The molecule has 2 rings (SSSR count). The monoisotopic (exact) mass is 336 g/mol. The molecule has 0 fully saturated rings. The van der Waals surface area contributed by atoms with Crippen molar-refractivity contribution >= 4 is 12.0 Å². The van der Waals surface area contributed by atoms with E-state index in [1.54, 1.807) is 13.8 Å². The van der Waals surface area contributed by atoms with E-state index < -0.39 is 18.0 Å². The van der Waals surface area contributed by atoms with Crippen molar-refractivity contribution in [2.24, 2.45) is 0 Å². The number of phenols is 1. The predicted octanol–water partition coefficient (Wildman–Crippen LogP) is 1.60. The fraction of sp³-hybridized carbons (Fsp3) is 0.375. The van der Waals surface area contributed by atoms with E-state index in [1.807, 2.05) is 0 Å². The van der Waals surface area contributed by atoms with Crippen LogP contribution in [0.1, 0.15) is 25.5 Å². The van der Waals surface area contributed by atoms with Gasteiger partial charge >= 0.3 is 12.0 Å². The lowest BCUT2D eigenvalue weighted by Gasteiger charge is -2.28. The number of amides is 2. The summed E-state index contributed by atoms with van der Waals surface area (Å²) in [6.07, 6.45) is 0. The number of carbonyl (C=O) groups is 2. The molecule has 1 aromatic rings. The highest BCUT2D eigenvalue weighted by atomic mass is 16.5. The van der Waals surface area contributed by atoms with Crippen LogP contribution in [0.2, 0.25) is 0 Å². The molecule has 1 atom stereocenters. The summed E-state index contributed by atoms with van der Waals surface area (Å²) < 4.78 is 15.3. The molecule has 0 spiro atoms. The summed E-state index contributed by atoms with van der Waals surface area (Å²) in [5, 5.41) is 15.2. The molecule has 0 saturated carbocycles. The number of hydrogen-bond donors (Lipinski definition) is 3. The van der Waals surface area contributed by atoms with Gasteiger partial charge < -0.3 is 30.0 Å². The van der Waals surface area contributed by atoms with Gasteiger partial charge in [0.15, 0.2) is 11.5 Å². The number of carbonyl (C=O) groups excluding carboxylic acids is 2. The van der Waals surface area contributed by atoms with Gasteiger partial charge in [-0.3, -0.25) is 0 Å². The topological polar surface area (TPSA) is 106 Å². The summed E-state index contributed by atoms with van der Waals surface area (Å²) in [7, 11) is 2.79. The van der Waals surface area contributed by atoms with Crippen molar-refractivity contribution in [2.75, 3.05) is 20.8 Å². The van der Waals surface area contributed by atoms with Gasteiger partial charge in [0, 0.05) is 5.70 Å². The Bertz CT molecular complexity index is 673. The minimum Gasteiger partial charge on any atom is -0.502 e. The Morgan fingerprint density at radius 1 is 1.25 bits per heavy atom. The van der Waals surface area contributed by atoms with Crippen molar-refractivity contribution in [3.63, 3.8) is 0 Å². The first kappa shape index (κ1) is 17.5. The minimum absolute atomic E-state index is 0.164. The lowest BCUT2D eigenvalue weighted by molar-refractivity contribution is -0.139. The van der Waals surface area contributed by atoms with Crippen molar-refractivity contribution in [3.05, 3.63) is 29.0 Å². The molecular weight excluding hydrogens is 316 g/mol. The van der Waals surface area contributed by atoms with E-state index in [0.717, 1.165) is 0 Å². The number of rotatable bonds is 5. The smallest absolute Gasteiger partial charge is 0.338 e. The van der Waals surface area contributed by atoms with Gasteiger partial charge in [-0.2, -0.15) is 0 Å². The Hall–Kier alpha value is -2.90.